The Balaban J connectivity index is 1.70. The Kier molecular flexibility index (Phi) is 2.63. The van der Waals surface area contributed by atoms with Crippen LogP contribution in [0.2, 0.25) is 0 Å². The SMILES string of the molecule is c1ccc(-c2cc3c4cncc5c6cc7ccccc7cc6n(c3s2)c54)nc1. The number of thiophene rings is 1. The number of aromatic nitrogens is 3. The van der Waals surface area contributed by atoms with Crippen molar-refractivity contribution >= 4 is 59.5 Å². The lowest BCUT2D eigenvalue weighted by atomic mass is 10.1. The molecule has 130 valence electrons. The lowest BCUT2D eigenvalue weighted by Gasteiger charge is -1.99. The van der Waals surface area contributed by atoms with Gasteiger partial charge in [-0.3, -0.25) is 14.4 Å². The fourth-order valence-electron chi connectivity index (χ4n) is 4.42. The van der Waals surface area contributed by atoms with E-state index in [1.807, 2.05) is 30.7 Å². The van der Waals surface area contributed by atoms with Crippen LogP contribution >= 0.6 is 11.3 Å². The number of nitrogens with zero attached hydrogens (tertiary/aromatic N) is 3. The molecule has 0 spiro atoms. The molecule has 0 aliphatic carbocycles. The largest absolute Gasteiger partial charge is 0.299 e. The van der Waals surface area contributed by atoms with Crippen LogP contribution in [0.25, 0.3) is 58.8 Å². The molecule has 0 fully saturated rings. The summed E-state index contributed by atoms with van der Waals surface area (Å²) in [5.41, 5.74) is 3.54. The topological polar surface area (TPSA) is 30.2 Å². The lowest BCUT2D eigenvalue weighted by molar-refractivity contribution is 1.34. The highest BCUT2D eigenvalue weighted by Gasteiger charge is 2.20. The lowest BCUT2D eigenvalue weighted by Crippen LogP contribution is -1.79. The third kappa shape index (κ3) is 1.73. The van der Waals surface area contributed by atoms with Crippen LogP contribution in [0, 0.1) is 0 Å². The second-order valence-corrected chi connectivity index (χ2v) is 8.21. The van der Waals surface area contributed by atoms with E-state index in [0.717, 1.165) is 5.69 Å². The molecule has 0 aliphatic rings. The zero-order valence-electron chi connectivity index (χ0n) is 14.8. The molecule has 28 heavy (non-hydrogen) atoms. The van der Waals surface area contributed by atoms with E-state index in [0.29, 0.717) is 0 Å². The molecule has 0 saturated carbocycles. The molecule has 7 aromatic rings. The molecule has 4 heteroatoms. The molecule has 0 unspecified atom stereocenters. The van der Waals surface area contributed by atoms with E-state index in [2.05, 4.69) is 62.9 Å². The average Bonchev–Trinajstić information content (AvgIpc) is 3.40. The van der Waals surface area contributed by atoms with Crippen LogP contribution in [-0.4, -0.2) is 14.4 Å². The molecule has 2 aromatic carbocycles. The summed E-state index contributed by atoms with van der Waals surface area (Å²) in [7, 11) is 0. The van der Waals surface area contributed by atoms with Crippen molar-refractivity contribution in [1.29, 1.82) is 0 Å². The second kappa shape index (κ2) is 5.06. The first kappa shape index (κ1) is 14.5. The van der Waals surface area contributed by atoms with Crippen molar-refractivity contribution in [1.82, 2.24) is 14.4 Å². The van der Waals surface area contributed by atoms with Gasteiger partial charge in [-0.05, 0) is 41.1 Å². The summed E-state index contributed by atoms with van der Waals surface area (Å²) in [4.78, 5) is 11.6. The molecular weight excluding hydrogens is 362 g/mol. The Morgan fingerprint density at radius 3 is 2.36 bits per heavy atom. The fourth-order valence-corrected chi connectivity index (χ4v) is 5.59. The third-order valence-corrected chi connectivity index (χ3v) is 6.80. The van der Waals surface area contributed by atoms with Crippen LogP contribution < -0.4 is 0 Å². The van der Waals surface area contributed by atoms with E-state index in [4.69, 9.17) is 0 Å². The molecule has 0 saturated heterocycles. The van der Waals surface area contributed by atoms with Crippen LogP contribution in [0.3, 0.4) is 0 Å². The zero-order chi connectivity index (χ0) is 18.2. The molecule has 0 radical (unpaired) electrons. The molecule has 5 aromatic heterocycles. The summed E-state index contributed by atoms with van der Waals surface area (Å²) in [6.07, 6.45) is 5.85. The monoisotopic (exact) mass is 375 g/mol. The van der Waals surface area contributed by atoms with Gasteiger partial charge in [0, 0.05) is 40.1 Å². The molecule has 0 aliphatic heterocycles. The Bertz CT molecular complexity index is 1660. The molecule has 0 N–H and O–H groups in total. The molecular formula is C24H13N3S. The minimum Gasteiger partial charge on any atom is -0.299 e. The highest BCUT2D eigenvalue weighted by atomic mass is 32.1. The van der Waals surface area contributed by atoms with Crippen molar-refractivity contribution < 1.29 is 0 Å². The molecule has 0 atom stereocenters. The summed E-state index contributed by atoms with van der Waals surface area (Å²) < 4.78 is 2.42. The predicted molar refractivity (Wildman–Crippen MR) is 118 cm³/mol. The van der Waals surface area contributed by atoms with Gasteiger partial charge in [0.1, 0.15) is 4.83 Å². The summed E-state index contributed by atoms with van der Waals surface area (Å²) in [5.74, 6) is 0. The highest BCUT2D eigenvalue weighted by Crippen LogP contribution is 2.44. The normalized spacial score (nSPS) is 12.3. The van der Waals surface area contributed by atoms with Gasteiger partial charge in [0.25, 0.3) is 0 Å². The van der Waals surface area contributed by atoms with E-state index >= 15 is 0 Å². The van der Waals surface area contributed by atoms with E-state index in [1.165, 1.54) is 53.1 Å². The smallest absolute Gasteiger partial charge is 0.109 e. The molecule has 0 bridgehead atoms. The minimum atomic E-state index is 1.02. The number of hydrogen-bond donors (Lipinski definition) is 0. The van der Waals surface area contributed by atoms with E-state index in [9.17, 15) is 0 Å². The predicted octanol–water partition coefficient (Wildman–Crippen LogP) is 6.51. The minimum absolute atomic E-state index is 1.02. The van der Waals surface area contributed by atoms with E-state index in [1.54, 1.807) is 11.3 Å². The van der Waals surface area contributed by atoms with Crippen molar-refractivity contribution in [2.45, 2.75) is 0 Å². The zero-order valence-corrected chi connectivity index (χ0v) is 15.6. The standard InChI is InChI=1S/C24H13N3S/c1-2-6-15-10-21-16(9-14(15)5-1)18-12-25-13-19-17-11-22(20-7-3-4-8-26-20)28-24(17)27(21)23(18)19/h1-13H. The average molecular weight is 375 g/mol. The number of fused-ring (bicyclic) bond motifs is 7. The van der Waals surface area contributed by atoms with Crippen molar-refractivity contribution in [3.63, 3.8) is 0 Å². The fraction of sp³-hybridized carbons (Fsp3) is 0. The summed E-state index contributed by atoms with van der Waals surface area (Å²) in [6.45, 7) is 0. The molecule has 0 amide bonds. The number of benzene rings is 2. The van der Waals surface area contributed by atoms with Gasteiger partial charge in [-0.25, -0.2) is 0 Å². The first-order valence-electron chi connectivity index (χ1n) is 9.25. The third-order valence-electron chi connectivity index (χ3n) is 5.66. The van der Waals surface area contributed by atoms with Gasteiger partial charge in [0.15, 0.2) is 0 Å². The van der Waals surface area contributed by atoms with Crippen LogP contribution in [-0.2, 0) is 0 Å². The van der Waals surface area contributed by atoms with Gasteiger partial charge in [-0.15, -0.1) is 11.3 Å². The molecule has 7 rings (SSSR count). The van der Waals surface area contributed by atoms with Crippen LogP contribution in [0.1, 0.15) is 0 Å². The Hall–Kier alpha value is -3.50. The van der Waals surface area contributed by atoms with Crippen LogP contribution in [0.15, 0.2) is 79.3 Å². The summed E-state index contributed by atoms with van der Waals surface area (Å²) in [5, 5.41) is 7.49. The quantitative estimate of drug-likeness (QED) is 0.327. The van der Waals surface area contributed by atoms with Gasteiger partial charge in [0.05, 0.1) is 21.6 Å². The first-order chi connectivity index (χ1) is 13.9. The maximum Gasteiger partial charge on any atom is 0.109 e. The Morgan fingerprint density at radius 1 is 0.750 bits per heavy atom. The van der Waals surface area contributed by atoms with Crippen molar-refractivity contribution in [3.8, 4) is 10.6 Å². The van der Waals surface area contributed by atoms with Crippen molar-refractivity contribution in [2.24, 2.45) is 0 Å². The van der Waals surface area contributed by atoms with Crippen molar-refractivity contribution in [2.75, 3.05) is 0 Å². The van der Waals surface area contributed by atoms with Gasteiger partial charge in [-0.2, -0.15) is 0 Å². The first-order valence-corrected chi connectivity index (χ1v) is 10.1. The maximum atomic E-state index is 4.58. The number of pyridine rings is 2. The van der Waals surface area contributed by atoms with E-state index < -0.39 is 0 Å². The Morgan fingerprint density at radius 2 is 1.54 bits per heavy atom. The Labute approximate surface area is 163 Å². The van der Waals surface area contributed by atoms with Gasteiger partial charge in [0.2, 0.25) is 0 Å². The maximum absolute atomic E-state index is 4.58. The second-order valence-electron chi connectivity index (χ2n) is 7.18. The van der Waals surface area contributed by atoms with Gasteiger partial charge < -0.3 is 0 Å². The highest BCUT2D eigenvalue weighted by molar-refractivity contribution is 7.22. The number of rotatable bonds is 1. The van der Waals surface area contributed by atoms with Crippen LogP contribution in [0.4, 0.5) is 0 Å². The van der Waals surface area contributed by atoms with Gasteiger partial charge in [-0.1, -0.05) is 30.3 Å². The number of hydrogen-bond acceptors (Lipinski definition) is 3. The molecule has 3 nitrogen and oxygen atoms in total. The van der Waals surface area contributed by atoms with Gasteiger partial charge >= 0.3 is 0 Å². The van der Waals surface area contributed by atoms with E-state index in [-0.39, 0.29) is 0 Å². The summed E-state index contributed by atoms with van der Waals surface area (Å²) in [6, 6.07) is 21.5. The van der Waals surface area contributed by atoms with Crippen LogP contribution in [0.5, 0.6) is 0 Å². The van der Waals surface area contributed by atoms with Crippen molar-refractivity contribution in [3.05, 3.63) is 79.3 Å². The molecule has 5 heterocycles. The summed E-state index contributed by atoms with van der Waals surface area (Å²) >= 11 is 1.80.